The molecule has 2 heteroatoms. The Labute approximate surface area is 293 Å². The van der Waals surface area contributed by atoms with Gasteiger partial charge in [0.15, 0.2) is 0 Å². The molecule has 0 aliphatic carbocycles. The van der Waals surface area contributed by atoms with Crippen molar-refractivity contribution in [2.45, 2.75) is 0 Å². The van der Waals surface area contributed by atoms with Crippen LogP contribution in [0.15, 0.2) is 200 Å². The smallest absolute Gasteiger partial charge is 0.137 e. The van der Waals surface area contributed by atoms with Gasteiger partial charge in [-0.05, 0) is 93.0 Å². The molecule has 0 bridgehead atoms. The van der Waals surface area contributed by atoms with Crippen LogP contribution in [0.1, 0.15) is 0 Å². The molecule has 0 amide bonds. The number of hydrogen-bond acceptors (Lipinski definition) is 2. The van der Waals surface area contributed by atoms with Crippen LogP contribution in [0.3, 0.4) is 0 Å². The molecular formula is C48H33NO. The Kier molecular flexibility index (Phi) is 7.53. The standard InChI is InChI=1S/C48H33NO/c1-4-14-34(15-5-1)37-26-29-40(30-27-37)49(41-21-12-20-38(32-41)35-16-6-2-7-17-35)45-23-13-25-47-48(45)43-31-28-39(36-18-8-3-9-19-36)33-44(43)42-22-10-11-24-46(42)50-47/h1-33H. The highest BCUT2D eigenvalue weighted by molar-refractivity contribution is 6.00. The second kappa shape index (κ2) is 12.8. The average Bonchev–Trinajstić information content (AvgIpc) is 3.34. The quantitative estimate of drug-likeness (QED) is 0.179. The van der Waals surface area contributed by atoms with Gasteiger partial charge in [-0.15, -0.1) is 0 Å². The van der Waals surface area contributed by atoms with Gasteiger partial charge in [0, 0.05) is 22.5 Å². The van der Waals surface area contributed by atoms with E-state index in [-0.39, 0.29) is 0 Å². The molecule has 0 saturated carbocycles. The van der Waals surface area contributed by atoms with Crippen LogP contribution in [0.5, 0.6) is 11.5 Å². The third kappa shape index (κ3) is 5.43. The zero-order valence-electron chi connectivity index (χ0n) is 27.4. The number of rotatable bonds is 6. The maximum absolute atomic E-state index is 6.84. The maximum atomic E-state index is 6.84. The summed E-state index contributed by atoms with van der Waals surface area (Å²) >= 11 is 0. The zero-order valence-corrected chi connectivity index (χ0v) is 27.4. The van der Waals surface area contributed by atoms with Crippen molar-refractivity contribution in [3.8, 4) is 67.1 Å². The van der Waals surface area contributed by atoms with E-state index >= 15 is 0 Å². The molecule has 0 aromatic heterocycles. The van der Waals surface area contributed by atoms with Crippen molar-refractivity contribution in [2.75, 3.05) is 4.90 Å². The fraction of sp³-hybridized carbons (Fsp3) is 0. The van der Waals surface area contributed by atoms with E-state index in [4.69, 9.17) is 4.74 Å². The molecular weight excluding hydrogens is 607 g/mol. The van der Waals surface area contributed by atoms with E-state index in [1.54, 1.807) is 0 Å². The SMILES string of the molecule is c1ccc(-c2ccc(N(c3cccc(-c4ccccc4)c3)c3cccc4c3-c3ccc(-c5ccccc5)cc3-c3ccccc3O4)cc2)cc1. The average molecular weight is 640 g/mol. The van der Waals surface area contributed by atoms with E-state index in [2.05, 4.69) is 199 Å². The van der Waals surface area contributed by atoms with Gasteiger partial charge in [0.05, 0.1) is 5.69 Å². The zero-order chi connectivity index (χ0) is 33.3. The number of hydrogen-bond donors (Lipinski definition) is 0. The molecule has 1 aliphatic rings. The predicted molar refractivity (Wildman–Crippen MR) is 208 cm³/mol. The second-order valence-corrected chi connectivity index (χ2v) is 12.5. The molecule has 0 radical (unpaired) electrons. The van der Waals surface area contributed by atoms with E-state index in [0.717, 1.165) is 56.4 Å². The third-order valence-corrected chi connectivity index (χ3v) is 9.48. The van der Waals surface area contributed by atoms with Crippen molar-refractivity contribution in [1.82, 2.24) is 0 Å². The Hall–Kier alpha value is -6.64. The third-order valence-electron chi connectivity index (χ3n) is 9.48. The van der Waals surface area contributed by atoms with Crippen molar-refractivity contribution < 1.29 is 4.74 Å². The van der Waals surface area contributed by atoms with Gasteiger partial charge >= 0.3 is 0 Å². The molecule has 0 unspecified atom stereocenters. The van der Waals surface area contributed by atoms with Gasteiger partial charge in [-0.25, -0.2) is 0 Å². The number of anilines is 3. The van der Waals surface area contributed by atoms with Gasteiger partial charge in [0.1, 0.15) is 11.5 Å². The summed E-state index contributed by atoms with van der Waals surface area (Å²) in [5.74, 6) is 1.67. The van der Waals surface area contributed by atoms with Gasteiger partial charge in [-0.1, -0.05) is 152 Å². The molecule has 0 spiro atoms. The Bertz CT molecular complexity index is 2430. The summed E-state index contributed by atoms with van der Waals surface area (Å²) in [5.41, 5.74) is 14.6. The first-order chi connectivity index (χ1) is 24.8. The first-order valence-corrected chi connectivity index (χ1v) is 17.0. The van der Waals surface area contributed by atoms with E-state index in [1.807, 2.05) is 6.07 Å². The van der Waals surface area contributed by atoms with Crippen molar-refractivity contribution in [3.63, 3.8) is 0 Å². The summed E-state index contributed by atoms with van der Waals surface area (Å²) in [5, 5.41) is 0. The lowest BCUT2D eigenvalue weighted by molar-refractivity contribution is 0.488. The molecule has 0 saturated heterocycles. The first-order valence-electron chi connectivity index (χ1n) is 17.0. The van der Waals surface area contributed by atoms with Crippen LogP contribution >= 0.6 is 0 Å². The fourth-order valence-corrected chi connectivity index (χ4v) is 7.07. The lowest BCUT2D eigenvalue weighted by atomic mass is 9.90. The lowest BCUT2D eigenvalue weighted by Crippen LogP contribution is -2.11. The molecule has 1 aliphatic heterocycles. The molecule has 1 heterocycles. The van der Waals surface area contributed by atoms with E-state index < -0.39 is 0 Å². The van der Waals surface area contributed by atoms with Crippen LogP contribution in [0.25, 0.3) is 55.6 Å². The van der Waals surface area contributed by atoms with Crippen LogP contribution < -0.4 is 9.64 Å². The molecule has 9 rings (SSSR count). The highest BCUT2D eigenvalue weighted by Gasteiger charge is 2.27. The van der Waals surface area contributed by atoms with Gasteiger partial charge < -0.3 is 9.64 Å². The van der Waals surface area contributed by atoms with E-state index in [0.29, 0.717) is 0 Å². The predicted octanol–water partition coefficient (Wildman–Crippen LogP) is 13.6. The van der Waals surface area contributed by atoms with E-state index in [9.17, 15) is 0 Å². The van der Waals surface area contributed by atoms with Crippen molar-refractivity contribution >= 4 is 17.1 Å². The second-order valence-electron chi connectivity index (χ2n) is 12.5. The van der Waals surface area contributed by atoms with Crippen LogP contribution in [0, 0.1) is 0 Å². The van der Waals surface area contributed by atoms with Crippen LogP contribution in [0.4, 0.5) is 17.1 Å². The molecule has 2 nitrogen and oxygen atoms in total. The Morgan fingerprint density at radius 1 is 0.300 bits per heavy atom. The number of benzene rings is 8. The van der Waals surface area contributed by atoms with Gasteiger partial charge in [-0.2, -0.15) is 0 Å². The van der Waals surface area contributed by atoms with Gasteiger partial charge in [-0.3, -0.25) is 0 Å². The lowest BCUT2D eigenvalue weighted by Gasteiger charge is -2.29. The Morgan fingerprint density at radius 3 is 1.52 bits per heavy atom. The van der Waals surface area contributed by atoms with E-state index in [1.165, 1.54) is 27.8 Å². The minimum Gasteiger partial charge on any atom is -0.456 e. The number of para-hydroxylation sites is 1. The number of nitrogens with zero attached hydrogens (tertiary/aromatic N) is 1. The largest absolute Gasteiger partial charge is 0.456 e. The monoisotopic (exact) mass is 639 g/mol. The number of ether oxygens (including phenoxy) is 1. The number of fused-ring (bicyclic) bond motifs is 5. The normalized spacial score (nSPS) is 11.4. The highest BCUT2D eigenvalue weighted by Crippen LogP contribution is 2.53. The maximum Gasteiger partial charge on any atom is 0.137 e. The van der Waals surface area contributed by atoms with Crippen LogP contribution in [-0.2, 0) is 0 Å². The molecule has 8 aromatic carbocycles. The Morgan fingerprint density at radius 2 is 0.820 bits per heavy atom. The summed E-state index contributed by atoms with van der Waals surface area (Å²) in [6, 6.07) is 71.0. The minimum atomic E-state index is 0.825. The van der Waals surface area contributed by atoms with Crippen LogP contribution in [0.2, 0.25) is 0 Å². The summed E-state index contributed by atoms with van der Waals surface area (Å²) < 4.78 is 6.84. The topological polar surface area (TPSA) is 12.5 Å². The van der Waals surface area contributed by atoms with Crippen molar-refractivity contribution in [3.05, 3.63) is 200 Å². The Balaban J connectivity index is 1.27. The van der Waals surface area contributed by atoms with Gasteiger partial charge in [0.2, 0.25) is 0 Å². The summed E-state index contributed by atoms with van der Waals surface area (Å²) in [4.78, 5) is 2.37. The molecule has 8 aromatic rings. The molecule has 236 valence electrons. The summed E-state index contributed by atoms with van der Waals surface area (Å²) in [7, 11) is 0. The van der Waals surface area contributed by atoms with Gasteiger partial charge in [0.25, 0.3) is 0 Å². The van der Waals surface area contributed by atoms with Crippen LogP contribution in [-0.4, -0.2) is 0 Å². The molecule has 0 N–H and O–H groups in total. The molecule has 0 atom stereocenters. The molecule has 50 heavy (non-hydrogen) atoms. The summed E-state index contributed by atoms with van der Waals surface area (Å²) in [6.45, 7) is 0. The minimum absolute atomic E-state index is 0.825. The van der Waals surface area contributed by atoms with Crippen molar-refractivity contribution in [2.24, 2.45) is 0 Å². The highest BCUT2D eigenvalue weighted by atomic mass is 16.5. The molecule has 0 fully saturated rings. The first kappa shape index (κ1) is 29.5. The summed E-state index contributed by atoms with van der Waals surface area (Å²) in [6.07, 6.45) is 0. The van der Waals surface area contributed by atoms with Crippen molar-refractivity contribution in [1.29, 1.82) is 0 Å². The fourth-order valence-electron chi connectivity index (χ4n) is 7.07.